The van der Waals surface area contributed by atoms with E-state index >= 15 is 0 Å². The average molecular weight is 740 g/mol. The van der Waals surface area contributed by atoms with E-state index in [1.54, 1.807) is 0 Å². The molecule has 0 radical (unpaired) electrons. The number of anilines is 3. The van der Waals surface area contributed by atoms with Crippen molar-refractivity contribution < 1.29 is 8.83 Å². The first-order chi connectivity index (χ1) is 28.8. The Labute approximate surface area is 334 Å². The molecule has 0 atom stereocenters. The van der Waals surface area contributed by atoms with Crippen molar-refractivity contribution in [2.24, 2.45) is 0 Å². The lowest BCUT2D eigenvalue weighted by Crippen LogP contribution is -2.26. The van der Waals surface area contributed by atoms with Crippen LogP contribution in [0.15, 0.2) is 209 Å². The molecule has 0 aliphatic heterocycles. The third-order valence-corrected chi connectivity index (χ3v) is 12.7. The molecule has 270 valence electrons. The summed E-state index contributed by atoms with van der Waals surface area (Å²) in [5.41, 5.74) is 18.4. The summed E-state index contributed by atoms with van der Waals surface area (Å²) in [6.45, 7) is 0. The van der Waals surface area contributed by atoms with Gasteiger partial charge in [-0.25, -0.2) is 0 Å². The second-order valence-electron chi connectivity index (χ2n) is 15.5. The topological polar surface area (TPSA) is 29.5 Å². The van der Waals surface area contributed by atoms with Crippen LogP contribution < -0.4 is 4.90 Å². The quantitative estimate of drug-likeness (QED) is 0.180. The molecular weight excluding hydrogens is 707 g/mol. The third-order valence-electron chi connectivity index (χ3n) is 12.7. The predicted molar refractivity (Wildman–Crippen MR) is 237 cm³/mol. The molecule has 2 aliphatic rings. The first-order valence-corrected chi connectivity index (χ1v) is 19.9. The highest BCUT2D eigenvalue weighted by molar-refractivity contribution is 6.24. The highest BCUT2D eigenvalue weighted by Gasteiger charge is 2.51. The van der Waals surface area contributed by atoms with Crippen molar-refractivity contribution in [3.63, 3.8) is 0 Å². The Morgan fingerprint density at radius 1 is 0.362 bits per heavy atom. The lowest BCUT2D eigenvalue weighted by molar-refractivity contribution is 0.664. The molecule has 1 spiro atoms. The second kappa shape index (κ2) is 11.7. The van der Waals surface area contributed by atoms with Gasteiger partial charge in [0.25, 0.3) is 0 Å². The molecule has 0 fully saturated rings. The Balaban J connectivity index is 1.19. The predicted octanol–water partition coefficient (Wildman–Crippen LogP) is 15.0. The van der Waals surface area contributed by atoms with Gasteiger partial charge in [0.05, 0.1) is 16.5 Å². The Morgan fingerprint density at radius 2 is 0.897 bits per heavy atom. The minimum absolute atomic E-state index is 0.497. The molecule has 58 heavy (non-hydrogen) atoms. The van der Waals surface area contributed by atoms with Gasteiger partial charge in [0.1, 0.15) is 22.4 Å². The first kappa shape index (κ1) is 31.6. The molecule has 0 amide bonds. The zero-order chi connectivity index (χ0) is 38.0. The van der Waals surface area contributed by atoms with Gasteiger partial charge in [-0.05, 0) is 86.5 Å². The van der Waals surface area contributed by atoms with Crippen molar-refractivity contribution in [2.75, 3.05) is 4.90 Å². The Morgan fingerprint density at radius 3 is 1.59 bits per heavy atom. The molecule has 0 saturated carbocycles. The normalized spacial score (nSPS) is 13.3. The monoisotopic (exact) mass is 739 g/mol. The lowest BCUT2D eigenvalue weighted by Gasteiger charge is -2.33. The fourth-order valence-electron chi connectivity index (χ4n) is 10.4. The van der Waals surface area contributed by atoms with Crippen molar-refractivity contribution in [1.29, 1.82) is 0 Å². The van der Waals surface area contributed by atoms with Gasteiger partial charge in [-0.3, -0.25) is 0 Å². The molecule has 0 unspecified atom stereocenters. The minimum atomic E-state index is -0.497. The maximum absolute atomic E-state index is 7.03. The maximum Gasteiger partial charge on any atom is 0.160 e. The van der Waals surface area contributed by atoms with Crippen molar-refractivity contribution in [1.82, 2.24) is 0 Å². The van der Waals surface area contributed by atoms with Gasteiger partial charge >= 0.3 is 0 Å². The summed E-state index contributed by atoms with van der Waals surface area (Å²) in [6.07, 6.45) is 0. The summed E-state index contributed by atoms with van der Waals surface area (Å²) in [7, 11) is 0. The van der Waals surface area contributed by atoms with Gasteiger partial charge in [-0.1, -0.05) is 164 Å². The number of hydrogen-bond acceptors (Lipinski definition) is 3. The summed E-state index contributed by atoms with van der Waals surface area (Å²) in [4.78, 5) is 2.45. The zero-order valence-electron chi connectivity index (χ0n) is 31.3. The summed E-state index contributed by atoms with van der Waals surface area (Å²) < 4.78 is 13.8. The summed E-state index contributed by atoms with van der Waals surface area (Å²) in [6, 6.07) is 72.4. The molecular formula is C55H33NO2. The van der Waals surface area contributed by atoms with Crippen LogP contribution in [0.25, 0.3) is 77.3 Å². The van der Waals surface area contributed by atoms with E-state index in [1.807, 2.05) is 12.1 Å². The molecule has 3 nitrogen and oxygen atoms in total. The van der Waals surface area contributed by atoms with Crippen LogP contribution >= 0.6 is 0 Å². The van der Waals surface area contributed by atoms with Crippen LogP contribution in [0.4, 0.5) is 17.1 Å². The summed E-state index contributed by atoms with van der Waals surface area (Å²) in [5.74, 6) is 0. The molecule has 9 aromatic carbocycles. The maximum atomic E-state index is 7.03. The van der Waals surface area contributed by atoms with Crippen molar-refractivity contribution in [3.05, 3.63) is 222 Å². The molecule has 0 saturated heterocycles. The third kappa shape index (κ3) is 4.07. The number of rotatable bonds is 4. The Hall–Kier alpha value is -7.62. The van der Waals surface area contributed by atoms with Gasteiger partial charge in [0.15, 0.2) is 5.58 Å². The Kier molecular flexibility index (Phi) is 6.37. The van der Waals surface area contributed by atoms with E-state index in [1.165, 1.54) is 44.5 Å². The number of para-hydroxylation sites is 3. The van der Waals surface area contributed by atoms with Gasteiger partial charge in [0.2, 0.25) is 0 Å². The molecule has 0 bridgehead atoms. The van der Waals surface area contributed by atoms with Crippen LogP contribution in [0.5, 0.6) is 0 Å². The molecule has 2 aliphatic carbocycles. The van der Waals surface area contributed by atoms with E-state index in [0.29, 0.717) is 0 Å². The lowest BCUT2D eigenvalue weighted by atomic mass is 9.70. The van der Waals surface area contributed by atoms with Crippen LogP contribution in [-0.2, 0) is 5.41 Å². The Bertz CT molecular complexity index is 3410. The molecule has 3 heteroatoms. The number of fused-ring (bicyclic) bond motifs is 16. The van der Waals surface area contributed by atoms with Crippen LogP contribution in [0.2, 0.25) is 0 Å². The zero-order valence-corrected chi connectivity index (χ0v) is 31.3. The first-order valence-electron chi connectivity index (χ1n) is 19.9. The van der Waals surface area contributed by atoms with E-state index in [2.05, 4.69) is 193 Å². The molecule has 2 aromatic heterocycles. The van der Waals surface area contributed by atoms with Gasteiger partial charge < -0.3 is 13.7 Å². The molecule has 2 heterocycles. The largest absolute Gasteiger partial charge is 0.456 e. The number of furan rings is 2. The standard InChI is InChI=1S/C55H33NO2/c1-2-16-34(17-3-1)36-18-7-13-27-48(36)56(53-52-42-23-9-15-29-50(42)57-51(52)33-43-41-22-8-14-28-49(41)58-54(43)53)35-30-31-40-39-21-6-12-26-46(39)55(47(40)32-35)44-24-10-4-19-37(44)38-20-5-11-25-45(38)55/h1-33H. The number of hydrogen-bond donors (Lipinski definition) is 0. The van der Waals surface area contributed by atoms with Crippen molar-refractivity contribution in [2.45, 2.75) is 5.41 Å². The van der Waals surface area contributed by atoms with Crippen LogP contribution in [-0.4, -0.2) is 0 Å². The van der Waals surface area contributed by atoms with Crippen molar-refractivity contribution in [3.8, 4) is 33.4 Å². The number of benzene rings is 9. The van der Waals surface area contributed by atoms with Crippen molar-refractivity contribution >= 4 is 60.9 Å². The minimum Gasteiger partial charge on any atom is -0.456 e. The van der Waals surface area contributed by atoms with Crippen LogP contribution in [0.3, 0.4) is 0 Å². The smallest absolute Gasteiger partial charge is 0.160 e. The van der Waals surface area contributed by atoms with E-state index in [0.717, 1.165) is 72.1 Å². The molecule has 11 aromatic rings. The van der Waals surface area contributed by atoms with Gasteiger partial charge in [-0.2, -0.15) is 0 Å². The highest BCUT2D eigenvalue weighted by atomic mass is 16.3. The number of nitrogens with zero attached hydrogens (tertiary/aromatic N) is 1. The highest BCUT2D eigenvalue weighted by Crippen LogP contribution is 2.63. The fraction of sp³-hybridized carbons (Fsp3) is 0.0182. The van der Waals surface area contributed by atoms with E-state index in [4.69, 9.17) is 8.83 Å². The average Bonchev–Trinajstić information content (AvgIpc) is 4.02. The van der Waals surface area contributed by atoms with E-state index in [9.17, 15) is 0 Å². The van der Waals surface area contributed by atoms with E-state index in [-0.39, 0.29) is 0 Å². The van der Waals surface area contributed by atoms with E-state index < -0.39 is 5.41 Å². The van der Waals surface area contributed by atoms with Crippen LogP contribution in [0.1, 0.15) is 22.3 Å². The SMILES string of the molecule is c1ccc(-c2ccccc2N(c2ccc3c(c2)C2(c4ccccc4-c4ccccc42)c2ccccc2-3)c2c3oc4ccccc4c3cc3oc4ccccc4c23)cc1. The summed E-state index contributed by atoms with van der Waals surface area (Å²) in [5, 5.41) is 4.13. The van der Waals surface area contributed by atoms with Gasteiger partial charge in [0, 0.05) is 27.4 Å². The van der Waals surface area contributed by atoms with Crippen LogP contribution in [0, 0.1) is 0 Å². The molecule has 0 N–H and O–H groups in total. The second-order valence-corrected chi connectivity index (χ2v) is 15.5. The van der Waals surface area contributed by atoms with Gasteiger partial charge in [-0.15, -0.1) is 0 Å². The summed E-state index contributed by atoms with van der Waals surface area (Å²) >= 11 is 0. The molecule has 13 rings (SSSR count). The fourth-order valence-corrected chi connectivity index (χ4v) is 10.4.